The molecule has 1 aliphatic carbocycles. The molecule has 122 valence electrons. The molecule has 0 aromatic carbocycles. The molecule has 4 heteroatoms. The number of nitrogens with zero attached hydrogens (tertiary/aromatic N) is 2. The molecule has 0 aromatic rings. The summed E-state index contributed by atoms with van der Waals surface area (Å²) in [6.45, 7) is 6.96. The van der Waals surface area contributed by atoms with Crippen LogP contribution in [0.3, 0.4) is 0 Å². The Labute approximate surface area is 130 Å². The second kappa shape index (κ2) is 8.02. The average Bonchev–Trinajstić information content (AvgIpc) is 2.89. The molecule has 2 N–H and O–H groups in total. The summed E-state index contributed by atoms with van der Waals surface area (Å²) in [5, 5.41) is 7.14. The van der Waals surface area contributed by atoms with Gasteiger partial charge in [0.1, 0.15) is 0 Å². The van der Waals surface area contributed by atoms with Crippen LogP contribution in [0.4, 0.5) is 0 Å². The fraction of sp³-hybridized carbons (Fsp3) is 0.941. The predicted octanol–water partition coefficient (Wildman–Crippen LogP) is 2.46. The fourth-order valence-corrected chi connectivity index (χ4v) is 3.77. The standard InChI is InChI=1S/C17H34N4/c1-13(2)14-7-9-15(10-8-14)20-17(18-3)19-12-16-6-5-11-21(16)4/h13-16H,5-12H2,1-4H3,(H2,18,19,20). The molecule has 21 heavy (non-hydrogen) atoms. The third-order valence-corrected chi connectivity index (χ3v) is 5.46. The van der Waals surface area contributed by atoms with Crippen LogP contribution < -0.4 is 10.6 Å². The smallest absolute Gasteiger partial charge is 0.191 e. The topological polar surface area (TPSA) is 39.7 Å². The molecule has 2 rings (SSSR count). The molecule has 4 nitrogen and oxygen atoms in total. The van der Waals surface area contributed by atoms with Crippen molar-refractivity contribution in [3.63, 3.8) is 0 Å². The van der Waals surface area contributed by atoms with E-state index in [1.807, 2.05) is 7.05 Å². The van der Waals surface area contributed by atoms with E-state index < -0.39 is 0 Å². The molecule has 0 radical (unpaired) electrons. The Bertz CT molecular complexity index is 332. The Hall–Kier alpha value is -0.770. The third kappa shape index (κ3) is 4.87. The van der Waals surface area contributed by atoms with Crippen LogP contribution in [0.25, 0.3) is 0 Å². The van der Waals surface area contributed by atoms with Crippen LogP contribution in [0.15, 0.2) is 4.99 Å². The van der Waals surface area contributed by atoms with Crippen molar-refractivity contribution < 1.29 is 0 Å². The molecule has 0 amide bonds. The third-order valence-electron chi connectivity index (χ3n) is 5.46. The van der Waals surface area contributed by atoms with Crippen LogP contribution in [-0.4, -0.2) is 50.1 Å². The lowest BCUT2D eigenvalue weighted by Crippen LogP contribution is -2.48. The zero-order chi connectivity index (χ0) is 15.2. The summed E-state index contributed by atoms with van der Waals surface area (Å²) in [4.78, 5) is 6.85. The average molecular weight is 294 g/mol. The lowest BCUT2D eigenvalue weighted by atomic mass is 9.80. The van der Waals surface area contributed by atoms with Crippen LogP contribution in [0.5, 0.6) is 0 Å². The van der Waals surface area contributed by atoms with E-state index >= 15 is 0 Å². The first kappa shape index (κ1) is 16.6. The van der Waals surface area contributed by atoms with Crippen LogP contribution in [0, 0.1) is 11.8 Å². The van der Waals surface area contributed by atoms with Gasteiger partial charge in [-0.1, -0.05) is 13.8 Å². The van der Waals surface area contributed by atoms with E-state index in [-0.39, 0.29) is 0 Å². The molecular formula is C17H34N4. The van der Waals surface area contributed by atoms with Gasteiger partial charge in [0.15, 0.2) is 5.96 Å². The fourth-order valence-electron chi connectivity index (χ4n) is 3.77. The van der Waals surface area contributed by atoms with Gasteiger partial charge in [-0.2, -0.15) is 0 Å². The number of aliphatic imine (C=N–C) groups is 1. The lowest BCUT2D eigenvalue weighted by molar-refractivity contribution is 0.249. The van der Waals surface area contributed by atoms with E-state index in [0.29, 0.717) is 12.1 Å². The number of hydrogen-bond acceptors (Lipinski definition) is 2. The van der Waals surface area contributed by atoms with Crippen molar-refractivity contribution in [1.82, 2.24) is 15.5 Å². The molecule has 0 aromatic heterocycles. The molecule has 2 fully saturated rings. The molecular weight excluding hydrogens is 260 g/mol. The minimum Gasteiger partial charge on any atom is -0.355 e. The van der Waals surface area contributed by atoms with E-state index in [2.05, 4.69) is 41.4 Å². The number of likely N-dealkylation sites (tertiary alicyclic amines) is 1. The highest BCUT2D eigenvalue weighted by Crippen LogP contribution is 2.29. The van der Waals surface area contributed by atoms with Crippen molar-refractivity contribution in [3.05, 3.63) is 0 Å². The minimum atomic E-state index is 0.604. The lowest BCUT2D eigenvalue weighted by Gasteiger charge is -2.32. The largest absolute Gasteiger partial charge is 0.355 e. The summed E-state index contributed by atoms with van der Waals surface area (Å²) in [5.74, 6) is 2.75. The van der Waals surface area contributed by atoms with E-state index in [1.165, 1.54) is 45.1 Å². The maximum Gasteiger partial charge on any atom is 0.191 e. The Kier molecular flexibility index (Phi) is 6.34. The molecule has 0 bridgehead atoms. The first-order valence-corrected chi connectivity index (χ1v) is 8.77. The maximum absolute atomic E-state index is 4.40. The Morgan fingerprint density at radius 1 is 1.19 bits per heavy atom. The Morgan fingerprint density at radius 3 is 2.43 bits per heavy atom. The second-order valence-corrected chi connectivity index (χ2v) is 7.23. The van der Waals surface area contributed by atoms with Gasteiger partial charge in [-0.05, 0) is 64.0 Å². The summed E-state index contributed by atoms with van der Waals surface area (Å²) < 4.78 is 0. The van der Waals surface area contributed by atoms with E-state index in [1.54, 1.807) is 0 Å². The first-order chi connectivity index (χ1) is 10.1. The Morgan fingerprint density at radius 2 is 1.90 bits per heavy atom. The number of hydrogen-bond donors (Lipinski definition) is 2. The normalized spacial score (nSPS) is 31.7. The van der Waals surface area contributed by atoms with Crippen molar-refractivity contribution in [3.8, 4) is 0 Å². The van der Waals surface area contributed by atoms with Gasteiger partial charge >= 0.3 is 0 Å². The highest BCUT2D eigenvalue weighted by atomic mass is 15.2. The SMILES string of the molecule is CN=C(NCC1CCCN1C)NC1CCC(C(C)C)CC1. The van der Waals surface area contributed by atoms with Crippen molar-refractivity contribution in [2.24, 2.45) is 16.8 Å². The summed E-state index contributed by atoms with van der Waals surface area (Å²) in [5.41, 5.74) is 0. The molecule has 0 spiro atoms. The van der Waals surface area contributed by atoms with Gasteiger partial charge in [0.05, 0.1) is 0 Å². The predicted molar refractivity (Wildman–Crippen MR) is 90.7 cm³/mol. The van der Waals surface area contributed by atoms with Gasteiger partial charge in [0.25, 0.3) is 0 Å². The number of likely N-dealkylation sites (N-methyl/N-ethyl adjacent to an activating group) is 1. The van der Waals surface area contributed by atoms with E-state index in [9.17, 15) is 0 Å². The number of rotatable bonds is 4. The van der Waals surface area contributed by atoms with E-state index in [0.717, 1.165) is 24.3 Å². The van der Waals surface area contributed by atoms with Crippen molar-refractivity contribution in [2.75, 3.05) is 27.2 Å². The van der Waals surface area contributed by atoms with Crippen LogP contribution in [0.2, 0.25) is 0 Å². The quantitative estimate of drug-likeness (QED) is 0.618. The van der Waals surface area contributed by atoms with Crippen LogP contribution in [0.1, 0.15) is 52.4 Å². The van der Waals surface area contributed by atoms with Crippen molar-refractivity contribution in [2.45, 2.75) is 64.5 Å². The zero-order valence-electron chi connectivity index (χ0n) is 14.4. The molecule has 1 unspecified atom stereocenters. The van der Waals surface area contributed by atoms with Gasteiger partial charge in [-0.25, -0.2) is 0 Å². The van der Waals surface area contributed by atoms with Gasteiger partial charge in [0, 0.05) is 25.7 Å². The summed E-state index contributed by atoms with van der Waals surface area (Å²) >= 11 is 0. The highest BCUT2D eigenvalue weighted by molar-refractivity contribution is 5.80. The second-order valence-electron chi connectivity index (χ2n) is 7.23. The van der Waals surface area contributed by atoms with Crippen LogP contribution in [-0.2, 0) is 0 Å². The first-order valence-electron chi connectivity index (χ1n) is 8.77. The molecule has 1 aliphatic heterocycles. The highest BCUT2D eigenvalue weighted by Gasteiger charge is 2.24. The molecule has 1 atom stereocenters. The Balaban J connectivity index is 1.71. The molecule has 1 saturated heterocycles. The monoisotopic (exact) mass is 294 g/mol. The molecule has 2 aliphatic rings. The molecule has 1 saturated carbocycles. The maximum atomic E-state index is 4.40. The minimum absolute atomic E-state index is 0.604. The van der Waals surface area contributed by atoms with E-state index in [4.69, 9.17) is 0 Å². The zero-order valence-corrected chi connectivity index (χ0v) is 14.4. The summed E-state index contributed by atoms with van der Waals surface area (Å²) in [7, 11) is 4.11. The van der Waals surface area contributed by atoms with Crippen LogP contribution >= 0.6 is 0 Å². The number of guanidine groups is 1. The van der Waals surface area contributed by atoms with Gasteiger partial charge in [-0.15, -0.1) is 0 Å². The summed E-state index contributed by atoms with van der Waals surface area (Å²) in [6.07, 6.45) is 7.92. The summed E-state index contributed by atoms with van der Waals surface area (Å²) in [6, 6.07) is 1.27. The van der Waals surface area contributed by atoms with Gasteiger partial charge in [0.2, 0.25) is 0 Å². The van der Waals surface area contributed by atoms with Gasteiger partial charge < -0.3 is 15.5 Å². The van der Waals surface area contributed by atoms with Crippen molar-refractivity contribution in [1.29, 1.82) is 0 Å². The van der Waals surface area contributed by atoms with Crippen molar-refractivity contribution >= 4 is 5.96 Å². The molecule has 1 heterocycles. The number of nitrogens with one attached hydrogen (secondary N) is 2. The van der Waals surface area contributed by atoms with Gasteiger partial charge in [-0.3, -0.25) is 4.99 Å².